The van der Waals surface area contributed by atoms with Crippen LogP contribution in [0.25, 0.3) is 0 Å². The van der Waals surface area contributed by atoms with Crippen molar-refractivity contribution in [3.8, 4) is 0 Å². The van der Waals surface area contributed by atoms with Gasteiger partial charge < -0.3 is 15.5 Å². The highest BCUT2D eigenvalue weighted by Crippen LogP contribution is 2.29. The summed E-state index contributed by atoms with van der Waals surface area (Å²) in [6, 6.07) is 9.89. The minimum atomic E-state index is -0.0603. The van der Waals surface area contributed by atoms with Gasteiger partial charge in [-0.15, -0.1) is 11.3 Å². The van der Waals surface area contributed by atoms with Crippen molar-refractivity contribution in [3.63, 3.8) is 0 Å². The quantitative estimate of drug-likeness (QED) is 0.820. The summed E-state index contributed by atoms with van der Waals surface area (Å²) in [4.78, 5) is 28.3. The Kier molecular flexibility index (Phi) is 4.93. The average Bonchev–Trinajstić information content (AvgIpc) is 3.09. The van der Waals surface area contributed by atoms with Crippen LogP contribution in [0.2, 0.25) is 0 Å². The Morgan fingerprint density at radius 2 is 1.96 bits per heavy atom. The van der Waals surface area contributed by atoms with Crippen molar-refractivity contribution in [3.05, 3.63) is 46.2 Å². The zero-order chi connectivity index (χ0) is 17.9. The predicted molar refractivity (Wildman–Crippen MR) is 105 cm³/mol. The van der Waals surface area contributed by atoms with E-state index in [1.807, 2.05) is 35.7 Å². The normalized spacial score (nSPS) is 16.5. The standard InChI is InChI=1S/C20H23N3O2S/c24-19(13-16-4-3-11-26-16)21-15-7-8-18(23-9-1-2-10-23)17(12-15)20(25)22-14-5-6-14/h3-4,7-8,11-12,14H,1-2,5-6,9-10,13H2,(H,21,24)(H,22,25). The Morgan fingerprint density at radius 3 is 2.65 bits per heavy atom. The number of hydrogen-bond donors (Lipinski definition) is 2. The second-order valence-corrected chi connectivity index (χ2v) is 8.01. The molecular weight excluding hydrogens is 346 g/mol. The van der Waals surface area contributed by atoms with E-state index >= 15 is 0 Å². The van der Waals surface area contributed by atoms with Gasteiger partial charge in [-0.05, 0) is 55.3 Å². The van der Waals surface area contributed by atoms with Gasteiger partial charge in [-0.25, -0.2) is 0 Å². The molecule has 2 N–H and O–H groups in total. The lowest BCUT2D eigenvalue weighted by Gasteiger charge is -2.22. The van der Waals surface area contributed by atoms with Crippen molar-refractivity contribution in [1.82, 2.24) is 5.32 Å². The van der Waals surface area contributed by atoms with Gasteiger partial charge in [0.15, 0.2) is 0 Å². The number of amides is 2. The molecule has 6 heteroatoms. The molecule has 2 amide bonds. The van der Waals surface area contributed by atoms with Crippen LogP contribution in [0.3, 0.4) is 0 Å². The zero-order valence-corrected chi connectivity index (χ0v) is 15.5. The molecule has 2 aliphatic rings. The molecule has 0 radical (unpaired) electrons. The number of rotatable bonds is 6. The van der Waals surface area contributed by atoms with E-state index in [1.54, 1.807) is 11.3 Å². The molecule has 1 aromatic heterocycles. The van der Waals surface area contributed by atoms with Crippen molar-refractivity contribution in [2.45, 2.75) is 38.1 Å². The molecule has 2 fully saturated rings. The number of thiophene rings is 1. The van der Waals surface area contributed by atoms with Gasteiger partial charge in [0, 0.05) is 35.4 Å². The first-order valence-electron chi connectivity index (χ1n) is 9.21. The number of hydrogen-bond acceptors (Lipinski definition) is 4. The second-order valence-electron chi connectivity index (χ2n) is 6.98. The predicted octanol–water partition coefficient (Wildman–Crippen LogP) is 3.42. The van der Waals surface area contributed by atoms with Gasteiger partial charge in [0.1, 0.15) is 0 Å². The molecule has 0 unspecified atom stereocenters. The number of carbonyl (C=O) groups is 2. The maximum Gasteiger partial charge on any atom is 0.253 e. The summed E-state index contributed by atoms with van der Waals surface area (Å²) in [7, 11) is 0. The highest BCUT2D eigenvalue weighted by molar-refractivity contribution is 7.10. The van der Waals surface area contributed by atoms with Gasteiger partial charge in [0.2, 0.25) is 5.91 Å². The topological polar surface area (TPSA) is 61.4 Å². The zero-order valence-electron chi connectivity index (χ0n) is 14.7. The third kappa shape index (κ3) is 4.07. The van der Waals surface area contributed by atoms with Crippen LogP contribution < -0.4 is 15.5 Å². The maximum atomic E-state index is 12.7. The van der Waals surface area contributed by atoms with Crippen LogP contribution >= 0.6 is 11.3 Å². The van der Waals surface area contributed by atoms with Crippen molar-refractivity contribution in [2.75, 3.05) is 23.3 Å². The number of nitrogens with zero attached hydrogens (tertiary/aromatic N) is 1. The van der Waals surface area contributed by atoms with Gasteiger partial charge in [-0.1, -0.05) is 6.07 Å². The highest BCUT2D eigenvalue weighted by atomic mass is 32.1. The van der Waals surface area contributed by atoms with E-state index in [9.17, 15) is 9.59 Å². The lowest BCUT2D eigenvalue weighted by Crippen LogP contribution is -2.29. The van der Waals surface area contributed by atoms with E-state index in [0.29, 0.717) is 23.7 Å². The monoisotopic (exact) mass is 369 g/mol. The summed E-state index contributed by atoms with van der Waals surface area (Å²) in [5, 5.41) is 7.97. The van der Waals surface area contributed by atoms with E-state index in [4.69, 9.17) is 0 Å². The van der Waals surface area contributed by atoms with Crippen LogP contribution in [0.15, 0.2) is 35.7 Å². The van der Waals surface area contributed by atoms with Gasteiger partial charge in [-0.2, -0.15) is 0 Å². The fourth-order valence-corrected chi connectivity index (χ4v) is 4.00. The Hall–Kier alpha value is -2.34. The van der Waals surface area contributed by atoms with Crippen molar-refractivity contribution in [1.29, 1.82) is 0 Å². The van der Waals surface area contributed by atoms with Crippen LogP contribution in [-0.2, 0) is 11.2 Å². The highest BCUT2D eigenvalue weighted by Gasteiger charge is 2.26. The molecule has 2 aromatic rings. The van der Waals surface area contributed by atoms with Crippen molar-refractivity contribution < 1.29 is 9.59 Å². The first-order valence-corrected chi connectivity index (χ1v) is 10.1. The number of carbonyl (C=O) groups excluding carboxylic acids is 2. The molecule has 1 saturated heterocycles. The summed E-state index contributed by atoms with van der Waals surface area (Å²) in [6.45, 7) is 1.96. The van der Waals surface area contributed by atoms with E-state index < -0.39 is 0 Å². The smallest absolute Gasteiger partial charge is 0.253 e. The molecular formula is C20H23N3O2S. The summed E-state index contributed by atoms with van der Waals surface area (Å²) in [5.41, 5.74) is 2.31. The minimum Gasteiger partial charge on any atom is -0.371 e. The van der Waals surface area contributed by atoms with E-state index in [-0.39, 0.29) is 11.8 Å². The summed E-state index contributed by atoms with van der Waals surface area (Å²) in [5.74, 6) is -0.0984. The molecule has 4 rings (SSSR count). The fraction of sp³-hybridized carbons (Fsp3) is 0.400. The summed E-state index contributed by atoms with van der Waals surface area (Å²) in [6.07, 6.45) is 4.78. The Morgan fingerprint density at radius 1 is 1.15 bits per heavy atom. The molecule has 2 heterocycles. The molecule has 0 spiro atoms. The SMILES string of the molecule is O=C(Cc1cccs1)Nc1ccc(N2CCCC2)c(C(=O)NC2CC2)c1. The van der Waals surface area contributed by atoms with Crippen molar-refractivity contribution >= 4 is 34.5 Å². The number of anilines is 2. The van der Waals surface area contributed by atoms with E-state index in [1.165, 1.54) is 0 Å². The van der Waals surface area contributed by atoms with Gasteiger partial charge in [-0.3, -0.25) is 9.59 Å². The van der Waals surface area contributed by atoms with Gasteiger partial charge in [0.05, 0.1) is 12.0 Å². The first-order chi connectivity index (χ1) is 12.7. The molecule has 136 valence electrons. The molecule has 1 aliphatic carbocycles. The van der Waals surface area contributed by atoms with E-state index in [2.05, 4.69) is 15.5 Å². The molecule has 1 saturated carbocycles. The van der Waals surface area contributed by atoms with Crippen molar-refractivity contribution in [2.24, 2.45) is 0 Å². The summed E-state index contributed by atoms with van der Waals surface area (Å²) >= 11 is 1.57. The van der Waals surface area contributed by atoms with Crippen LogP contribution in [0.4, 0.5) is 11.4 Å². The van der Waals surface area contributed by atoms with Crippen LogP contribution in [0.1, 0.15) is 40.9 Å². The number of nitrogens with one attached hydrogen (secondary N) is 2. The molecule has 1 aliphatic heterocycles. The summed E-state index contributed by atoms with van der Waals surface area (Å²) < 4.78 is 0. The molecule has 0 bridgehead atoms. The third-order valence-electron chi connectivity index (χ3n) is 4.80. The third-order valence-corrected chi connectivity index (χ3v) is 5.68. The Bertz CT molecular complexity index is 793. The second kappa shape index (κ2) is 7.50. The molecule has 1 aromatic carbocycles. The van der Waals surface area contributed by atoms with Crippen LogP contribution in [-0.4, -0.2) is 30.9 Å². The van der Waals surface area contributed by atoms with Gasteiger partial charge in [0.25, 0.3) is 5.91 Å². The minimum absolute atomic E-state index is 0.0382. The first kappa shape index (κ1) is 17.1. The molecule has 0 atom stereocenters. The largest absolute Gasteiger partial charge is 0.371 e. The van der Waals surface area contributed by atoms with E-state index in [0.717, 1.165) is 49.3 Å². The number of benzene rings is 1. The lowest BCUT2D eigenvalue weighted by atomic mass is 10.1. The maximum absolute atomic E-state index is 12.7. The molecule has 5 nitrogen and oxygen atoms in total. The average molecular weight is 369 g/mol. The van der Waals surface area contributed by atoms with Crippen LogP contribution in [0, 0.1) is 0 Å². The lowest BCUT2D eigenvalue weighted by molar-refractivity contribution is -0.115. The van der Waals surface area contributed by atoms with Crippen LogP contribution in [0.5, 0.6) is 0 Å². The molecule has 26 heavy (non-hydrogen) atoms. The Balaban J connectivity index is 1.53. The van der Waals surface area contributed by atoms with Gasteiger partial charge >= 0.3 is 0 Å². The Labute approximate surface area is 157 Å². The fourth-order valence-electron chi connectivity index (χ4n) is 3.30.